The first-order valence-corrected chi connectivity index (χ1v) is 4.26. The first kappa shape index (κ1) is 9.21. The third-order valence-electron chi connectivity index (χ3n) is 1.72. The molecule has 0 radical (unpaired) electrons. The van der Waals surface area contributed by atoms with Gasteiger partial charge in [0.1, 0.15) is 17.6 Å². The molecule has 0 saturated heterocycles. The number of aromatic nitrogens is 3. The van der Waals surface area contributed by atoms with Crippen LogP contribution in [-0.4, -0.2) is 26.0 Å². The Morgan fingerprint density at radius 1 is 1.60 bits per heavy atom. The highest BCUT2D eigenvalue weighted by atomic mass is 16.4. The molecule has 2 aromatic rings. The molecular formula is C10H7N3O2. The summed E-state index contributed by atoms with van der Waals surface area (Å²) in [5, 5.41) is 8.39. The standard InChI is InChI=1S/C10H7N3O2/c14-9(15)3-1-2-7-6-12-10-8(13-7)4-5-11-10/h4-6H,3H2,(H,11,12)(H,14,15). The van der Waals surface area contributed by atoms with Crippen LogP contribution >= 0.6 is 0 Å². The largest absolute Gasteiger partial charge is 0.481 e. The van der Waals surface area contributed by atoms with Crippen LogP contribution in [0.5, 0.6) is 0 Å². The summed E-state index contributed by atoms with van der Waals surface area (Å²) in [5.41, 5.74) is 1.89. The van der Waals surface area contributed by atoms with Crippen LogP contribution in [0.3, 0.4) is 0 Å². The van der Waals surface area contributed by atoms with E-state index in [9.17, 15) is 4.79 Å². The van der Waals surface area contributed by atoms with Crippen molar-refractivity contribution in [3.05, 3.63) is 24.2 Å². The van der Waals surface area contributed by atoms with Crippen LogP contribution in [0.1, 0.15) is 12.1 Å². The highest BCUT2D eigenvalue weighted by molar-refractivity contribution is 5.71. The van der Waals surface area contributed by atoms with Gasteiger partial charge in [-0.15, -0.1) is 0 Å². The van der Waals surface area contributed by atoms with Crippen molar-refractivity contribution >= 4 is 17.1 Å². The van der Waals surface area contributed by atoms with Crippen molar-refractivity contribution in [3.63, 3.8) is 0 Å². The van der Waals surface area contributed by atoms with E-state index in [2.05, 4.69) is 26.8 Å². The highest BCUT2D eigenvalue weighted by Gasteiger charge is 1.97. The number of aliphatic carboxylic acids is 1. The van der Waals surface area contributed by atoms with Crippen LogP contribution in [0.2, 0.25) is 0 Å². The van der Waals surface area contributed by atoms with Gasteiger partial charge in [0, 0.05) is 6.20 Å². The zero-order valence-electron chi connectivity index (χ0n) is 7.69. The molecule has 0 unspecified atom stereocenters. The van der Waals surface area contributed by atoms with Crippen molar-refractivity contribution in [2.75, 3.05) is 0 Å². The Morgan fingerprint density at radius 3 is 3.27 bits per heavy atom. The number of H-pyrrole nitrogens is 1. The molecule has 0 saturated carbocycles. The molecule has 2 heterocycles. The summed E-state index contributed by atoms with van der Waals surface area (Å²) in [5.74, 6) is 4.19. The monoisotopic (exact) mass is 201 g/mol. The number of carboxylic acid groups (broad SMARTS) is 1. The molecule has 0 aliphatic carbocycles. The number of nitrogens with zero attached hydrogens (tertiary/aromatic N) is 2. The molecule has 0 aliphatic heterocycles. The van der Waals surface area contributed by atoms with E-state index >= 15 is 0 Å². The van der Waals surface area contributed by atoms with E-state index in [-0.39, 0.29) is 6.42 Å². The molecular weight excluding hydrogens is 194 g/mol. The first-order valence-electron chi connectivity index (χ1n) is 4.26. The minimum absolute atomic E-state index is 0.188. The number of hydrogen-bond donors (Lipinski definition) is 2. The van der Waals surface area contributed by atoms with Gasteiger partial charge in [0.15, 0.2) is 5.65 Å². The predicted octanol–water partition coefficient (Wildman–Crippen LogP) is 0.784. The second kappa shape index (κ2) is 3.80. The molecule has 0 fully saturated rings. The van der Waals surface area contributed by atoms with Gasteiger partial charge >= 0.3 is 5.97 Å². The lowest BCUT2D eigenvalue weighted by atomic mass is 10.3. The molecule has 2 aromatic heterocycles. The van der Waals surface area contributed by atoms with Crippen molar-refractivity contribution < 1.29 is 9.90 Å². The molecule has 74 valence electrons. The van der Waals surface area contributed by atoms with Gasteiger partial charge in [-0.25, -0.2) is 9.97 Å². The fourth-order valence-corrected chi connectivity index (χ4v) is 1.10. The van der Waals surface area contributed by atoms with Crippen molar-refractivity contribution in [1.29, 1.82) is 0 Å². The third kappa shape index (κ3) is 2.11. The van der Waals surface area contributed by atoms with Crippen LogP contribution in [-0.2, 0) is 4.79 Å². The van der Waals surface area contributed by atoms with E-state index < -0.39 is 5.97 Å². The van der Waals surface area contributed by atoms with Gasteiger partial charge in [-0.05, 0) is 12.0 Å². The second-order valence-corrected chi connectivity index (χ2v) is 2.84. The van der Waals surface area contributed by atoms with Crippen LogP contribution in [0, 0.1) is 11.8 Å². The van der Waals surface area contributed by atoms with E-state index in [1.165, 1.54) is 6.20 Å². The molecule has 15 heavy (non-hydrogen) atoms. The molecule has 2 rings (SSSR count). The average Bonchev–Trinajstić information content (AvgIpc) is 2.64. The number of carboxylic acids is 1. The van der Waals surface area contributed by atoms with Gasteiger partial charge in [-0.2, -0.15) is 0 Å². The topological polar surface area (TPSA) is 78.9 Å². The van der Waals surface area contributed by atoms with Crippen LogP contribution in [0.15, 0.2) is 18.5 Å². The molecule has 0 amide bonds. The second-order valence-electron chi connectivity index (χ2n) is 2.84. The lowest BCUT2D eigenvalue weighted by molar-refractivity contribution is -0.135. The Labute approximate surface area is 85.2 Å². The van der Waals surface area contributed by atoms with E-state index in [1.54, 1.807) is 12.3 Å². The number of carbonyl (C=O) groups is 1. The summed E-state index contributed by atoms with van der Waals surface area (Å²) < 4.78 is 0. The van der Waals surface area contributed by atoms with E-state index in [0.29, 0.717) is 11.3 Å². The summed E-state index contributed by atoms with van der Waals surface area (Å²) in [6.07, 6.45) is 3.06. The Bertz CT molecular complexity index is 563. The molecule has 5 nitrogen and oxygen atoms in total. The van der Waals surface area contributed by atoms with E-state index in [4.69, 9.17) is 5.11 Å². The zero-order valence-corrected chi connectivity index (χ0v) is 7.69. The minimum atomic E-state index is -0.946. The number of rotatable bonds is 1. The SMILES string of the molecule is O=C(O)CC#Cc1cnc2[nH]ccc2n1. The van der Waals surface area contributed by atoms with Crippen molar-refractivity contribution in [1.82, 2.24) is 15.0 Å². The van der Waals surface area contributed by atoms with Gasteiger partial charge in [0.05, 0.1) is 6.20 Å². The molecule has 5 heteroatoms. The minimum Gasteiger partial charge on any atom is -0.481 e. The fourth-order valence-electron chi connectivity index (χ4n) is 1.10. The molecule has 0 atom stereocenters. The van der Waals surface area contributed by atoms with Crippen molar-refractivity contribution in [2.45, 2.75) is 6.42 Å². The smallest absolute Gasteiger partial charge is 0.315 e. The maximum absolute atomic E-state index is 10.2. The number of hydrogen-bond acceptors (Lipinski definition) is 3. The summed E-state index contributed by atoms with van der Waals surface area (Å²) in [4.78, 5) is 21.4. The predicted molar refractivity (Wildman–Crippen MR) is 53.0 cm³/mol. The number of nitrogens with one attached hydrogen (secondary N) is 1. The summed E-state index contributed by atoms with van der Waals surface area (Å²) >= 11 is 0. The molecule has 0 aliphatic rings. The highest BCUT2D eigenvalue weighted by Crippen LogP contribution is 2.05. The summed E-state index contributed by atoms with van der Waals surface area (Å²) in [6.45, 7) is 0. The lowest BCUT2D eigenvalue weighted by Gasteiger charge is -1.89. The summed E-state index contributed by atoms with van der Waals surface area (Å²) in [6, 6.07) is 1.78. The van der Waals surface area contributed by atoms with E-state index in [1.807, 2.05) is 0 Å². The Morgan fingerprint density at radius 2 is 2.47 bits per heavy atom. The van der Waals surface area contributed by atoms with Gasteiger partial charge in [0.2, 0.25) is 0 Å². The molecule has 0 spiro atoms. The Hall–Kier alpha value is -2.35. The van der Waals surface area contributed by atoms with E-state index in [0.717, 1.165) is 5.52 Å². The van der Waals surface area contributed by atoms with Crippen LogP contribution in [0.4, 0.5) is 0 Å². The van der Waals surface area contributed by atoms with Gasteiger partial charge in [0.25, 0.3) is 0 Å². The normalized spacial score (nSPS) is 9.60. The number of aromatic amines is 1. The summed E-state index contributed by atoms with van der Waals surface area (Å²) in [7, 11) is 0. The van der Waals surface area contributed by atoms with Gasteiger partial charge in [-0.3, -0.25) is 4.79 Å². The molecule has 2 N–H and O–H groups in total. The first-order chi connectivity index (χ1) is 7.25. The van der Waals surface area contributed by atoms with Crippen molar-refractivity contribution in [3.8, 4) is 11.8 Å². The third-order valence-corrected chi connectivity index (χ3v) is 1.72. The zero-order chi connectivity index (χ0) is 10.7. The van der Waals surface area contributed by atoms with Gasteiger partial charge in [-0.1, -0.05) is 5.92 Å². The van der Waals surface area contributed by atoms with Gasteiger partial charge < -0.3 is 10.1 Å². The van der Waals surface area contributed by atoms with Crippen molar-refractivity contribution in [2.24, 2.45) is 0 Å². The Balaban J connectivity index is 2.27. The van der Waals surface area contributed by atoms with Crippen LogP contribution in [0.25, 0.3) is 11.2 Å². The lowest BCUT2D eigenvalue weighted by Crippen LogP contribution is -1.91. The maximum atomic E-state index is 10.2. The fraction of sp³-hybridized carbons (Fsp3) is 0.100. The molecule has 0 bridgehead atoms. The van der Waals surface area contributed by atoms with Crippen LogP contribution < -0.4 is 0 Å². The Kier molecular flexibility index (Phi) is 2.33. The number of fused-ring (bicyclic) bond motifs is 1. The maximum Gasteiger partial charge on any atom is 0.315 e. The quantitative estimate of drug-likeness (QED) is 0.668. The average molecular weight is 201 g/mol. The molecule has 0 aromatic carbocycles.